The quantitative estimate of drug-likeness (QED) is 0.697. The molecule has 25 heavy (non-hydrogen) atoms. The number of aromatic nitrogens is 3. The van der Waals surface area contributed by atoms with E-state index in [9.17, 15) is 8.42 Å². The summed E-state index contributed by atoms with van der Waals surface area (Å²) in [5.41, 5.74) is 7.09. The Morgan fingerprint density at radius 1 is 1.28 bits per heavy atom. The van der Waals surface area contributed by atoms with Crippen molar-refractivity contribution in [1.29, 1.82) is 0 Å². The molecule has 0 radical (unpaired) electrons. The van der Waals surface area contributed by atoms with Crippen LogP contribution in [0.2, 0.25) is 4.47 Å². The maximum Gasteiger partial charge on any atom is 0.249 e. The normalized spacial score (nSPS) is 20.5. The standard InChI is InChI=1S/C14H19ClN6O2S2/c1-6(2)18-10-5-9(19-14(16)20-10)7-3-8(4-7)11-12(25(17,22)23)24-13(15)21-11/h5-8H,3-4H2,1-2H3,(H2,17,22,23)(H3,16,18,19,20)/t7-,8-. The lowest BCUT2D eigenvalue weighted by molar-refractivity contribution is 0.336. The molecular weight excluding hydrogens is 384 g/mol. The SMILES string of the molecule is CC(C)Nc1cc([C@H]2C[C@H](c3nc(Cl)sc3S(N)(=O)=O)C2)nc(N)n1. The molecule has 1 fully saturated rings. The van der Waals surface area contributed by atoms with Crippen molar-refractivity contribution in [2.24, 2.45) is 5.14 Å². The van der Waals surface area contributed by atoms with Crippen molar-refractivity contribution in [1.82, 2.24) is 15.0 Å². The van der Waals surface area contributed by atoms with Crippen molar-refractivity contribution in [3.63, 3.8) is 0 Å². The van der Waals surface area contributed by atoms with E-state index in [0.717, 1.165) is 17.0 Å². The van der Waals surface area contributed by atoms with Gasteiger partial charge in [0, 0.05) is 23.9 Å². The van der Waals surface area contributed by atoms with Crippen LogP contribution in [-0.2, 0) is 10.0 Å². The molecule has 2 aromatic rings. The maximum absolute atomic E-state index is 11.7. The number of nitrogens with two attached hydrogens (primary N) is 2. The molecule has 136 valence electrons. The molecule has 1 aliphatic rings. The van der Waals surface area contributed by atoms with Gasteiger partial charge in [0.05, 0.1) is 11.4 Å². The van der Waals surface area contributed by atoms with Crippen LogP contribution in [0.1, 0.15) is 49.9 Å². The first-order chi connectivity index (χ1) is 11.6. The highest BCUT2D eigenvalue weighted by molar-refractivity contribution is 7.91. The van der Waals surface area contributed by atoms with Gasteiger partial charge in [0.15, 0.2) is 8.68 Å². The Kier molecular flexibility index (Phi) is 4.89. The molecule has 2 heterocycles. The number of nitrogens with zero attached hydrogens (tertiary/aromatic N) is 3. The van der Waals surface area contributed by atoms with E-state index in [2.05, 4.69) is 20.3 Å². The molecule has 0 bridgehead atoms. The second kappa shape index (κ2) is 6.67. The molecule has 1 saturated carbocycles. The summed E-state index contributed by atoms with van der Waals surface area (Å²) in [6.07, 6.45) is 1.42. The predicted octanol–water partition coefficient (Wildman–Crippen LogP) is 2.30. The Balaban J connectivity index is 1.78. The third kappa shape index (κ3) is 4.02. The van der Waals surface area contributed by atoms with Crippen molar-refractivity contribution < 1.29 is 8.42 Å². The summed E-state index contributed by atoms with van der Waals surface area (Å²) in [5.74, 6) is 1.05. The second-order valence-electron chi connectivity index (χ2n) is 6.39. The second-order valence-corrected chi connectivity index (χ2v) is 9.72. The van der Waals surface area contributed by atoms with Crippen molar-refractivity contribution in [2.75, 3.05) is 11.1 Å². The van der Waals surface area contributed by atoms with Crippen LogP contribution in [0.5, 0.6) is 0 Å². The first-order valence-corrected chi connectivity index (χ1v) is 10.5. The van der Waals surface area contributed by atoms with Gasteiger partial charge in [-0.25, -0.2) is 23.5 Å². The number of sulfonamides is 1. The van der Waals surface area contributed by atoms with Crippen molar-refractivity contribution in [3.8, 4) is 0 Å². The lowest BCUT2D eigenvalue weighted by atomic mass is 9.72. The van der Waals surface area contributed by atoms with Crippen LogP contribution < -0.4 is 16.2 Å². The van der Waals surface area contributed by atoms with Gasteiger partial charge in [-0.05, 0) is 26.7 Å². The molecule has 0 spiro atoms. The summed E-state index contributed by atoms with van der Waals surface area (Å²) in [7, 11) is -3.83. The van der Waals surface area contributed by atoms with Crippen LogP contribution in [0.3, 0.4) is 0 Å². The van der Waals surface area contributed by atoms with Crippen molar-refractivity contribution in [3.05, 3.63) is 21.9 Å². The highest BCUT2D eigenvalue weighted by Gasteiger charge is 2.38. The fraction of sp³-hybridized carbons (Fsp3) is 0.500. The number of hydrogen-bond acceptors (Lipinski definition) is 8. The van der Waals surface area contributed by atoms with E-state index in [0.29, 0.717) is 24.4 Å². The number of thiazole rings is 1. The fourth-order valence-electron chi connectivity index (χ4n) is 2.90. The highest BCUT2D eigenvalue weighted by Crippen LogP contribution is 2.49. The van der Waals surface area contributed by atoms with Gasteiger partial charge in [0.1, 0.15) is 5.82 Å². The Morgan fingerprint density at radius 3 is 2.56 bits per heavy atom. The lowest BCUT2D eigenvalue weighted by Crippen LogP contribution is -2.24. The lowest BCUT2D eigenvalue weighted by Gasteiger charge is -2.34. The first kappa shape index (κ1) is 18.3. The molecule has 11 heteroatoms. The minimum Gasteiger partial charge on any atom is -0.368 e. The molecule has 5 N–H and O–H groups in total. The monoisotopic (exact) mass is 402 g/mol. The average Bonchev–Trinajstić information content (AvgIpc) is 2.77. The number of primary sulfonamides is 1. The van der Waals surface area contributed by atoms with Crippen molar-refractivity contribution >= 4 is 44.7 Å². The topological polar surface area (TPSA) is 137 Å². The van der Waals surface area contributed by atoms with E-state index in [1.807, 2.05) is 19.9 Å². The minimum absolute atomic E-state index is 0.0141. The third-order valence-corrected chi connectivity index (χ3v) is 6.64. The number of nitrogen functional groups attached to an aromatic ring is 1. The summed E-state index contributed by atoms with van der Waals surface area (Å²) in [5, 5.41) is 8.47. The van der Waals surface area contributed by atoms with Crippen LogP contribution in [-0.4, -0.2) is 29.4 Å². The van der Waals surface area contributed by atoms with Crippen LogP contribution in [0.15, 0.2) is 10.3 Å². The summed E-state index contributed by atoms with van der Waals surface area (Å²) in [6.45, 7) is 4.02. The fourth-order valence-corrected chi connectivity index (χ4v) is 5.18. The summed E-state index contributed by atoms with van der Waals surface area (Å²) in [6, 6.07) is 2.11. The maximum atomic E-state index is 11.7. The smallest absolute Gasteiger partial charge is 0.249 e. The molecule has 0 aliphatic heterocycles. The Morgan fingerprint density at radius 2 is 1.96 bits per heavy atom. The van der Waals surface area contributed by atoms with E-state index in [1.165, 1.54) is 0 Å². The zero-order chi connectivity index (χ0) is 18.4. The molecule has 0 unspecified atom stereocenters. The van der Waals surface area contributed by atoms with Gasteiger partial charge >= 0.3 is 0 Å². The van der Waals surface area contributed by atoms with Gasteiger partial charge in [-0.1, -0.05) is 22.9 Å². The van der Waals surface area contributed by atoms with Gasteiger partial charge in [-0.15, -0.1) is 0 Å². The first-order valence-electron chi connectivity index (χ1n) is 7.73. The Bertz CT molecular complexity index is 893. The minimum atomic E-state index is -3.83. The van der Waals surface area contributed by atoms with Gasteiger partial charge in [-0.2, -0.15) is 4.98 Å². The molecule has 3 rings (SSSR count). The molecule has 0 amide bonds. The van der Waals surface area contributed by atoms with Gasteiger partial charge in [0.2, 0.25) is 16.0 Å². The van der Waals surface area contributed by atoms with E-state index in [-0.39, 0.29) is 32.5 Å². The summed E-state index contributed by atoms with van der Waals surface area (Å²) >= 11 is 6.78. The Labute approximate surface area is 155 Å². The van der Waals surface area contributed by atoms with E-state index < -0.39 is 10.0 Å². The number of anilines is 2. The molecule has 1 aliphatic carbocycles. The molecule has 8 nitrogen and oxygen atoms in total. The highest BCUT2D eigenvalue weighted by atomic mass is 35.5. The van der Waals surface area contributed by atoms with Gasteiger partial charge < -0.3 is 11.1 Å². The average molecular weight is 403 g/mol. The largest absolute Gasteiger partial charge is 0.368 e. The number of rotatable bonds is 5. The zero-order valence-corrected chi connectivity index (χ0v) is 16.1. The van der Waals surface area contributed by atoms with E-state index >= 15 is 0 Å². The van der Waals surface area contributed by atoms with Crippen LogP contribution >= 0.6 is 22.9 Å². The van der Waals surface area contributed by atoms with Gasteiger partial charge in [-0.3, -0.25) is 0 Å². The zero-order valence-electron chi connectivity index (χ0n) is 13.7. The van der Waals surface area contributed by atoms with Crippen LogP contribution in [0.4, 0.5) is 11.8 Å². The van der Waals surface area contributed by atoms with Crippen LogP contribution in [0.25, 0.3) is 0 Å². The number of nitrogens with one attached hydrogen (secondary N) is 1. The predicted molar refractivity (Wildman–Crippen MR) is 98.4 cm³/mol. The van der Waals surface area contributed by atoms with E-state index in [1.54, 1.807) is 0 Å². The summed E-state index contributed by atoms with van der Waals surface area (Å²) in [4.78, 5) is 12.6. The molecule has 0 atom stereocenters. The molecular formula is C14H19ClN6O2S2. The number of halogens is 1. The molecule has 2 aromatic heterocycles. The number of hydrogen-bond donors (Lipinski definition) is 3. The molecule has 0 aromatic carbocycles. The van der Waals surface area contributed by atoms with E-state index in [4.69, 9.17) is 22.5 Å². The molecule has 0 saturated heterocycles. The third-order valence-electron chi connectivity index (χ3n) is 4.00. The van der Waals surface area contributed by atoms with Crippen molar-refractivity contribution in [2.45, 2.75) is 48.8 Å². The van der Waals surface area contributed by atoms with Crippen LogP contribution in [0, 0.1) is 0 Å². The van der Waals surface area contributed by atoms with Gasteiger partial charge in [0.25, 0.3) is 0 Å². The summed E-state index contributed by atoms with van der Waals surface area (Å²) < 4.78 is 23.6. The Hall–Kier alpha value is -1.49.